The third-order valence-electron chi connectivity index (χ3n) is 2.74. The second kappa shape index (κ2) is 8.18. The number of carbonyl (C=O) groups is 3. The standard InChI is InChI=1S/C18H26N2O6/c1-17(2,3)25-15(22)20-12-9-7-11(8-10-12)13(19)14(21)24-16(23)26-18(4,5)6/h7-10,13H,19H2,1-6H3,(H,20,22). The molecule has 1 aromatic rings. The van der Waals surface area contributed by atoms with Gasteiger partial charge in [0.1, 0.15) is 17.2 Å². The lowest BCUT2D eigenvalue weighted by atomic mass is 10.1. The van der Waals surface area contributed by atoms with Gasteiger partial charge in [-0.2, -0.15) is 0 Å². The number of nitrogens with one attached hydrogen (secondary N) is 1. The van der Waals surface area contributed by atoms with Crippen LogP contribution >= 0.6 is 0 Å². The summed E-state index contributed by atoms with van der Waals surface area (Å²) in [7, 11) is 0. The molecule has 8 heteroatoms. The molecule has 0 aliphatic rings. The highest BCUT2D eigenvalue weighted by molar-refractivity contribution is 5.87. The van der Waals surface area contributed by atoms with Gasteiger partial charge in [-0.3, -0.25) is 5.32 Å². The molecule has 144 valence electrons. The number of hydrogen-bond acceptors (Lipinski definition) is 7. The van der Waals surface area contributed by atoms with Crippen molar-refractivity contribution in [1.82, 2.24) is 0 Å². The number of benzene rings is 1. The van der Waals surface area contributed by atoms with E-state index >= 15 is 0 Å². The molecule has 0 radical (unpaired) electrons. The van der Waals surface area contributed by atoms with Crippen molar-refractivity contribution in [3.05, 3.63) is 29.8 Å². The van der Waals surface area contributed by atoms with Crippen LogP contribution in [0.25, 0.3) is 0 Å². The van der Waals surface area contributed by atoms with Gasteiger partial charge in [-0.25, -0.2) is 14.4 Å². The van der Waals surface area contributed by atoms with E-state index in [0.717, 1.165) is 0 Å². The van der Waals surface area contributed by atoms with E-state index in [4.69, 9.17) is 15.2 Å². The van der Waals surface area contributed by atoms with Gasteiger partial charge >= 0.3 is 18.2 Å². The van der Waals surface area contributed by atoms with Crippen molar-refractivity contribution in [2.75, 3.05) is 5.32 Å². The SMILES string of the molecule is CC(C)(C)OC(=O)Nc1ccc(C(N)C(=O)OC(=O)OC(C)(C)C)cc1. The van der Waals surface area contributed by atoms with Crippen molar-refractivity contribution in [1.29, 1.82) is 0 Å². The summed E-state index contributed by atoms with van der Waals surface area (Å²) in [5, 5.41) is 2.56. The third kappa shape index (κ3) is 7.98. The largest absolute Gasteiger partial charge is 0.516 e. The number of esters is 1. The number of rotatable bonds is 3. The van der Waals surface area contributed by atoms with E-state index in [1.165, 1.54) is 12.1 Å². The van der Waals surface area contributed by atoms with Crippen LogP contribution in [0.3, 0.4) is 0 Å². The Hall–Kier alpha value is -2.61. The van der Waals surface area contributed by atoms with Crippen LogP contribution in [0.5, 0.6) is 0 Å². The molecule has 0 saturated carbocycles. The zero-order valence-corrected chi connectivity index (χ0v) is 15.9. The minimum atomic E-state index is -1.17. The topological polar surface area (TPSA) is 117 Å². The predicted molar refractivity (Wildman–Crippen MR) is 95.6 cm³/mol. The summed E-state index contributed by atoms with van der Waals surface area (Å²) < 4.78 is 14.6. The number of hydrogen-bond donors (Lipinski definition) is 2. The Morgan fingerprint density at radius 1 is 0.923 bits per heavy atom. The number of ether oxygens (including phenoxy) is 3. The van der Waals surface area contributed by atoms with E-state index < -0.39 is 35.5 Å². The van der Waals surface area contributed by atoms with Crippen molar-refractivity contribution in [3.63, 3.8) is 0 Å². The van der Waals surface area contributed by atoms with Gasteiger partial charge in [-0.1, -0.05) is 12.1 Å². The average molecular weight is 366 g/mol. The van der Waals surface area contributed by atoms with E-state index in [1.807, 2.05) is 0 Å². The molecule has 26 heavy (non-hydrogen) atoms. The Morgan fingerprint density at radius 2 is 1.42 bits per heavy atom. The van der Waals surface area contributed by atoms with Crippen LogP contribution in [-0.2, 0) is 19.0 Å². The van der Waals surface area contributed by atoms with E-state index in [2.05, 4.69) is 10.1 Å². The van der Waals surface area contributed by atoms with Gasteiger partial charge in [0.25, 0.3) is 0 Å². The molecular formula is C18H26N2O6. The Labute approximate surface area is 153 Å². The first-order valence-electron chi connectivity index (χ1n) is 8.07. The molecular weight excluding hydrogens is 340 g/mol. The molecule has 1 amide bonds. The highest BCUT2D eigenvalue weighted by Crippen LogP contribution is 2.18. The Bertz CT molecular complexity index is 656. The normalized spacial score (nSPS) is 12.7. The molecule has 1 atom stereocenters. The summed E-state index contributed by atoms with van der Waals surface area (Å²) in [5.74, 6) is -0.938. The Kier molecular flexibility index (Phi) is 6.74. The van der Waals surface area contributed by atoms with Crippen molar-refractivity contribution >= 4 is 23.9 Å². The van der Waals surface area contributed by atoms with Crippen molar-refractivity contribution in [2.45, 2.75) is 58.8 Å². The van der Waals surface area contributed by atoms with Gasteiger partial charge < -0.3 is 19.9 Å². The molecule has 0 aromatic heterocycles. The second-order valence-electron chi connectivity index (χ2n) is 7.61. The zero-order chi connectivity index (χ0) is 20.1. The van der Waals surface area contributed by atoms with Crippen LogP contribution in [0.4, 0.5) is 15.3 Å². The molecule has 0 bridgehead atoms. The van der Waals surface area contributed by atoms with Gasteiger partial charge in [0.05, 0.1) is 0 Å². The maximum absolute atomic E-state index is 11.9. The van der Waals surface area contributed by atoms with Crippen LogP contribution < -0.4 is 11.1 Å². The van der Waals surface area contributed by atoms with E-state index in [-0.39, 0.29) is 0 Å². The third-order valence-corrected chi connectivity index (χ3v) is 2.74. The highest BCUT2D eigenvalue weighted by Gasteiger charge is 2.25. The first kappa shape index (κ1) is 21.4. The maximum atomic E-state index is 11.9. The first-order chi connectivity index (χ1) is 11.8. The summed E-state index contributed by atoms with van der Waals surface area (Å²) in [5.41, 5.74) is 5.27. The molecule has 1 aromatic carbocycles. The van der Waals surface area contributed by atoms with Crippen LogP contribution in [0.1, 0.15) is 53.1 Å². The van der Waals surface area contributed by atoms with E-state index in [9.17, 15) is 14.4 Å². The number of amides is 1. The molecule has 3 N–H and O–H groups in total. The number of nitrogens with two attached hydrogens (primary N) is 1. The monoisotopic (exact) mass is 366 g/mol. The smallest absolute Gasteiger partial charge is 0.444 e. The van der Waals surface area contributed by atoms with Crippen LogP contribution in [0.2, 0.25) is 0 Å². The fourth-order valence-electron chi connectivity index (χ4n) is 1.75. The summed E-state index contributed by atoms with van der Waals surface area (Å²) in [6.45, 7) is 10.2. The lowest BCUT2D eigenvalue weighted by Gasteiger charge is -2.20. The van der Waals surface area contributed by atoms with E-state index in [1.54, 1.807) is 53.7 Å². The number of anilines is 1. The fraction of sp³-hybridized carbons (Fsp3) is 0.500. The number of carbonyl (C=O) groups excluding carboxylic acids is 3. The summed E-state index contributed by atoms with van der Waals surface area (Å²) in [6, 6.07) is 5.01. The molecule has 0 spiro atoms. The lowest BCUT2D eigenvalue weighted by molar-refractivity contribution is -0.143. The van der Waals surface area contributed by atoms with Gasteiger partial charge in [0, 0.05) is 5.69 Å². The van der Waals surface area contributed by atoms with Gasteiger partial charge in [-0.05, 0) is 59.2 Å². The molecule has 0 aliphatic heterocycles. The Morgan fingerprint density at radius 3 is 1.88 bits per heavy atom. The molecule has 0 aliphatic carbocycles. The van der Waals surface area contributed by atoms with Crippen LogP contribution in [0.15, 0.2) is 24.3 Å². The quantitative estimate of drug-likeness (QED) is 0.621. The van der Waals surface area contributed by atoms with Crippen LogP contribution in [-0.4, -0.2) is 29.4 Å². The summed E-state index contributed by atoms with van der Waals surface area (Å²) in [6.07, 6.45) is -1.71. The van der Waals surface area contributed by atoms with E-state index in [0.29, 0.717) is 11.3 Å². The summed E-state index contributed by atoms with van der Waals surface area (Å²) in [4.78, 5) is 35.1. The minimum Gasteiger partial charge on any atom is -0.444 e. The molecule has 1 rings (SSSR count). The molecule has 0 fully saturated rings. The fourth-order valence-corrected chi connectivity index (χ4v) is 1.75. The maximum Gasteiger partial charge on any atom is 0.516 e. The first-order valence-corrected chi connectivity index (χ1v) is 8.07. The van der Waals surface area contributed by atoms with Crippen LogP contribution in [0, 0.1) is 0 Å². The molecule has 1 unspecified atom stereocenters. The van der Waals surface area contributed by atoms with Gasteiger partial charge in [-0.15, -0.1) is 0 Å². The predicted octanol–water partition coefficient (Wildman–Crippen LogP) is 3.51. The molecule has 0 heterocycles. The second-order valence-corrected chi connectivity index (χ2v) is 7.61. The minimum absolute atomic E-state index is 0.410. The lowest BCUT2D eigenvalue weighted by Crippen LogP contribution is -2.30. The van der Waals surface area contributed by atoms with Gasteiger partial charge in [0.15, 0.2) is 0 Å². The van der Waals surface area contributed by atoms with Crippen molar-refractivity contribution in [2.24, 2.45) is 5.73 Å². The highest BCUT2D eigenvalue weighted by atomic mass is 16.7. The van der Waals surface area contributed by atoms with Crippen molar-refractivity contribution in [3.8, 4) is 0 Å². The summed E-state index contributed by atoms with van der Waals surface area (Å²) >= 11 is 0. The zero-order valence-electron chi connectivity index (χ0n) is 15.9. The average Bonchev–Trinajstić information content (AvgIpc) is 2.43. The Balaban J connectivity index is 2.65. The van der Waals surface area contributed by atoms with Crippen molar-refractivity contribution < 1.29 is 28.6 Å². The molecule has 0 saturated heterocycles. The molecule has 8 nitrogen and oxygen atoms in total. The van der Waals surface area contributed by atoms with Gasteiger partial charge in [0.2, 0.25) is 0 Å².